The molecule has 0 spiro atoms. The van der Waals surface area contributed by atoms with Crippen molar-refractivity contribution in [3.05, 3.63) is 47.5 Å². The van der Waals surface area contributed by atoms with Crippen LogP contribution >= 0.6 is 11.6 Å². The van der Waals surface area contributed by atoms with Gasteiger partial charge in [-0.3, -0.25) is 4.79 Å². The van der Waals surface area contributed by atoms with Crippen LogP contribution in [0.5, 0.6) is 0 Å². The van der Waals surface area contributed by atoms with Crippen molar-refractivity contribution in [2.24, 2.45) is 0 Å². The highest BCUT2D eigenvalue weighted by molar-refractivity contribution is 6.31. The molecule has 1 aliphatic rings. The lowest BCUT2D eigenvalue weighted by Crippen LogP contribution is -2.53. The number of amides is 1. The van der Waals surface area contributed by atoms with E-state index in [0.29, 0.717) is 43.9 Å². The fourth-order valence-corrected chi connectivity index (χ4v) is 3.34. The monoisotopic (exact) mass is 351 g/mol. The lowest BCUT2D eigenvalue weighted by molar-refractivity contribution is -0.143. The van der Waals surface area contributed by atoms with Crippen molar-refractivity contribution in [3.63, 3.8) is 0 Å². The summed E-state index contributed by atoms with van der Waals surface area (Å²) in [6.07, 6.45) is 3.40. The Morgan fingerprint density at radius 3 is 2.62 bits per heavy atom. The number of hydrogen-bond donors (Lipinski definition) is 2. The maximum Gasteiger partial charge on any atom is 0.326 e. The van der Waals surface area contributed by atoms with E-state index in [2.05, 4.69) is 11.9 Å². The number of nitrogens with one attached hydrogen (secondary N) is 1. The maximum absolute atomic E-state index is 13.0. The van der Waals surface area contributed by atoms with E-state index in [9.17, 15) is 14.7 Å². The summed E-state index contributed by atoms with van der Waals surface area (Å²) < 4.78 is 5.40. The summed E-state index contributed by atoms with van der Waals surface area (Å²) in [5.41, 5.74) is -0.140. The highest BCUT2D eigenvalue weighted by atomic mass is 35.5. The standard InChI is InChI=1S/C18H22ClNO4/c1-2-3-8-15(16(21)22)20-17(23)18(9-11-24-12-10-18)13-6-4-5-7-14(13)19/h2,4-7,15H,1,3,8-12H2,(H,20,23)(H,21,22). The largest absolute Gasteiger partial charge is 0.480 e. The molecule has 1 heterocycles. The predicted octanol–water partition coefficient (Wildman–Crippen LogP) is 2.92. The second-order valence-corrected chi connectivity index (χ2v) is 6.31. The number of halogens is 1. The Morgan fingerprint density at radius 1 is 1.38 bits per heavy atom. The van der Waals surface area contributed by atoms with Gasteiger partial charge in [0.2, 0.25) is 5.91 Å². The van der Waals surface area contributed by atoms with Gasteiger partial charge in [0, 0.05) is 18.2 Å². The van der Waals surface area contributed by atoms with Crippen LogP contribution in [-0.2, 0) is 19.7 Å². The van der Waals surface area contributed by atoms with E-state index in [0.717, 1.165) is 5.56 Å². The Morgan fingerprint density at radius 2 is 2.04 bits per heavy atom. The summed E-state index contributed by atoms with van der Waals surface area (Å²) in [6.45, 7) is 4.46. The number of benzene rings is 1. The van der Waals surface area contributed by atoms with Crippen LogP contribution in [0.3, 0.4) is 0 Å². The summed E-state index contributed by atoms with van der Waals surface area (Å²) in [7, 11) is 0. The minimum atomic E-state index is -1.05. The number of allylic oxidation sites excluding steroid dienone is 1. The van der Waals surface area contributed by atoms with Gasteiger partial charge < -0.3 is 15.2 Å². The van der Waals surface area contributed by atoms with E-state index in [-0.39, 0.29) is 5.91 Å². The molecule has 1 aromatic carbocycles. The van der Waals surface area contributed by atoms with E-state index < -0.39 is 17.4 Å². The molecular weight excluding hydrogens is 330 g/mol. The molecule has 0 bridgehead atoms. The van der Waals surface area contributed by atoms with Crippen molar-refractivity contribution in [1.29, 1.82) is 0 Å². The van der Waals surface area contributed by atoms with Crippen molar-refractivity contribution in [2.45, 2.75) is 37.1 Å². The van der Waals surface area contributed by atoms with Gasteiger partial charge in [-0.2, -0.15) is 0 Å². The minimum Gasteiger partial charge on any atom is -0.480 e. The Hall–Kier alpha value is -1.85. The van der Waals surface area contributed by atoms with Crippen LogP contribution in [0.1, 0.15) is 31.2 Å². The molecule has 0 aliphatic carbocycles. The number of carbonyl (C=O) groups is 2. The third kappa shape index (κ3) is 3.97. The number of ether oxygens (including phenoxy) is 1. The molecular formula is C18H22ClNO4. The van der Waals surface area contributed by atoms with Gasteiger partial charge in [-0.25, -0.2) is 4.79 Å². The zero-order chi connectivity index (χ0) is 17.6. The van der Waals surface area contributed by atoms with E-state index in [1.165, 1.54) is 0 Å². The molecule has 1 fully saturated rings. The second kappa shape index (κ2) is 8.31. The molecule has 1 aromatic rings. The fourth-order valence-electron chi connectivity index (χ4n) is 3.03. The normalized spacial score (nSPS) is 17.7. The van der Waals surface area contributed by atoms with Crippen LogP contribution in [0.2, 0.25) is 5.02 Å². The number of carboxylic acid groups (broad SMARTS) is 1. The Balaban J connectivity index is 2.30. The summed E-state index contributed by atoms with van der Waals surface area (Å²) in [4.78, 5) is 24.5. The summed E-state index contributed by atoms with van der Waals surface area (Å²) in [6, 6.07) is 6.26. The molecule has 130 valence electrons. The van der Waals surface area contributed by atoms with Crippen molar-refractivity contribution in [3.8, 4) is 0 Å². The lowest BCUT2D eigenvalue weighted by Gasteiger charge is -2.37. The third-order valence-corrected chi connectivity index (χ3v) is 4.76. The van der Waals surface area contributed by atoms with E-state index in [4.69, 9.17) is 16.3 Å². The van der Waals surface area contributed by atoms with Gasteiger partial charge in [-0.1, -0.05) is 35.9 Å². The minimum absolute atomic E-state index is 0.305. The Kier molecular flexibility index (Phi) is 6.40. The number of rotatable bonds is 7. The molecule has 1 aliphatic heterocycles. The Labute approximate surface area is 146 Å². The number of aliphatic carboxylic acids is 1. The van der Waals surface area contributed by atoms with Gasteiger partial charge in [0.1, 0.15) is 6.04 Å². The molecule has 2 N–H and O–H groups in total. The van der Waals surface area contributed by atoms with Gasteiger partial charge >= 0.3 is 5.97 Å². The zero-order valence-corrected chi connectivity index (χ0v) is 14.2. The molecule has 0 saturated carbocycles. The van der Waals surface area contributed by atoms with E-state index in [1.807, 2.05) is 12.1 Å². The first-order valence-electron chi connectivity index (χ1n) is 7.98. The lowest BCUT2D eigenvalue weighted by atomic mass is 9.73. The van der Waals surface area contributed by atoms with Gasteiger partial charge in [0.05, 0.1) is 5.41 Å². The summed E-state index contributed by atoms with van der Waals surface area (Å²) in [5.74, 6) is -1.36. The van der Waals surface area contributed by atoms with E-state index in [1.54, 1.807) is 18.2 Å². The molecule has 6 heteroatoms. The SMILES string of the molecule is C=CCCC(NC(=O)C1(c2ccccc2Cl)CCOCC1)C(=O)O. The highest BCUT2D eigenvalue weighted by Crippen LogP contribution is 2.39. The predicted molar refractivity (Wildman–Crippen MR) is 92.2 cm³/mol. The van der Waals surface area contributed by atoms with Crippen LogP contribution < -0.4 is 5.32 Å². The molecule has 1 unspecified atom stereocenters. The number of hydrogen-bond acceptors (Lipinski definition) is 3. The number of carbonyl (C=O) groups excluding carboxylic acids is 1. The van der Waals surface area contributed by atoms with Crippen molar-refractivity contribution in [2.75, 3.05) is 13.2 Å². The van der Waals surface area contributed by atoms with E-state index >= 15 is 0 Å². The van der Waals surface area contributed by atoms with Gasteiger partial charge in [0.15, 0.2) is 0 Å². The average molecular weight is 352 g/mol. The first-order chi connectivity index (χ1) is 11.5. The molecule has 1 atom stereocenters. The first kappa shape index (κ1) is 18.5. The molecule has 24 heavy (non-hydrogen) atoms. The van der Waals surface area contributed by atoms with Crippen molar-refractivity contribution < 1.29 is 19.4 Å². The van der Waals surface area contributed by atoms with Crippen LogP contribution in [0.15, 0.2) is 36.9 Å². The number of carboxylic acids is 1. The molecule has 0 aromatic heterocycles. The van der Waals surface area contributed by atoms with Gasteiger partial charge in [-0.15, -0.1) is 6.58 Å². The highest BCUT2D eigenvalue weighted by Gasteiger charge is 2.44. The Bertz CT molecular complexity index is 611. The van der Waals surface area contributed by atoms with Crippen LogP contribution in [0.4, 0.5) is 0 Å². The maximum atomic E-state index is 13.0. The zero-order valence-electron chi connectivity index (χ0n) is 13.5. The van der Waals surface area contributed by atoms with Crippen molar-refractivity contribution >= 4 is 23.5 Å². The second-order valence-electron chi connectivity index (χ2n) is 5.90. The average Bonchev–Trinajstić information content (AvgIpc) is 2.59. The molecule has 5 nitrogen and oxygen atoms in total. The van der Waals surface area contributed by atoms with Crippen molar-refractivity contribution in [1.82, 2.24) is 5.32 Å². The quantitative estimate of drug-likeness (QED) is 0.740. The summed E-state index contributed by atoms with van der Waals surface area (Å²) in [5, 5.41) is 12.6. The first-order valence-corrected chi connectivity index (χ1v) is 8.36. The van der Waals surface area contributed by atoms with Gasteiger partial charge in [-0.05, 0) is 37.3 Å². The van der Waals surface area contributed by atoms with Crippen LogP contribution in [-0.4, -0.2) is 36.2 Å². The molecule has 0 radical (unpaired) electrons. The molecule has 1 saturated heterocycles. The smallest absolute Gasteiger partial charge is 0.326 e. The third-order valence-electron chi connectivity index (χ3n) is 4.43. The topological polar surface area (TPSA) is 75.6 Å². The van der Waals surface area contributed by atoms with Crippen LogP contribution in [0, 0.1) is 0 Å². The molecule has 2 rings (SSSR count). The fraction of sp³-hybridized carbons (Fsp3) is 0.444. The van der Waals surface area contributed by atoms with Crippen LogP contribution in [0.25, 0.3) is 0 Å². The summed E-state index contributed by atoms with van der Waals surface area (Å²) >= 11 is 6.32. The van der Waals surface area contributed by atoms with Gasteiger partial charge in [0.25, 0.3) is 0 Å². The molecule has 1 amide bonds.